The number of amides is 1. The van der Waals surface area contributed by atoms with E-state index in [4.69, 9.17) is 9.15 Å². The Kier molecular flexibility index (Phi) is 5.45. The Hall–Kier alpha value is -4.01. The standard InChI is InChI=1S/C19H13FN2O6/c20-13-6-8-14(9-7-13)21-18(23)17(12-4-2-1-3-5-12)28-19(24)15-10-11-16(27-15)22(25)26/h1-11,17H,(H,21,23)/t17-/m1/s1. The minimum Gasteiger partial charge on any atom is -0.441 e. The second-order valence-electron chi connectivity index (χ2n) is 5.59. The van der Waals surface area contributed by atoms with E-state index >= 15 is 0 Å². The molecule has 1 heterocycles. The highest BCUT2D eigenvalue weighted by molar-refractivity contribution is 5.97. The van der Waals surface area contributed by atoms with Crippen LogP contribution in [-0.4, -0.2) is 16.8 Å². The maximum Gasteiger partial charge on any atom is 0.433 e. The van der Waals surface area contributed by atoms with Gasteiger partial charge in [-0.1, -0.05) is 30.3 Å². The summed E-state index contributed by atoms with van der Waals surface area (Å²) in [6, 6.07) is 15.3. The van der Waals surface area contributed by atoms with Gasteiger partial charge in [0.25, 0.3) is 5.91 Å². The summed E-state index contributed by atoms with van der Waals surface area (Å²) in [4.78, 5) is 34.8. The normalized spacial score (nSPS) is 11.5. The molecule has 0 unspecified atom stereocenters. The van der Waals surface area contributed by atoms with E-state index in [1.807, 2.05) is 0 Å². The predicted molar refractivity (Wildman–Crippen MR) is 95.0 cm³/mol. The van der Waals surface area contributed by atoms with Crippen molar-refractivity contribution in [3.05, 3.63) is 94.0 Å². The molecule has 1 atom stereocenters. The van der Waals surface area contributed by atoms with Crippen LogP contribution in [0.5, 0.6) is 0 Å². The molecule has 0 radical (unpaired) electrons. The molecule has 1 aromatic heterocycles. The van der Waals surface area contributed by atoms with Gasteiger partial charge in [0.05, 0.1) is 6.07 Å². The second-order valence-corrected chi connectivity index (χ2v) is 5.59. The first-order valence-electron chi connectivity index (χ1n) is 8.00. The van der Waals surface area contributed by atoms with Gasteiger partial charge in [0.1, 0.15) is 10.7 Å². The van der Waals surface area contributed by atoms with Crippen molar-refractivity contribution in [1.82, 2.24) is 0 Å². The molecular formula is C19H13FN2O6. The number of benzene rings is 2. The Morgan fingerprint density at radius 3 is 2.32 bits per heavy atom. The van der Waals surface area contributed by atoms with Gasteiger partial charge in [-0.15, -0.1) is 0 Å². The number of esters is 1. The van der Waals surface area contributed by atoms with Crippen LogP contribution in [0.2, 0.25) is 0 Å². The van der Waals surface area contributed by atoms with E-state index in [2.05, 4.69) is 5.32 Å². The molecule has 1 N–H and O–H groups in total. The third-order valence-corrected chi connectivity index (χ3v) is 3.65. The first-order chi connectivity index (χ1) is 13.4. The topological polar surface area (TPSA) is 112 Å². The molecule has 0 saturated carbocycles. The molecule has 9 heteroatoms. The molecule has 3 rings (SSSR count). The van der Waals surface area contributed by atoms with Gasteiger partial charge < -0.3 is 14.5 Å². The molecule has 0 saturated heterocycles. The number of nitrogens with zero attached hydrogens (tertiary/aromatic N) is 1. The lowest BCUT2D eigenvalue weighted by molar-refractivity contribution is -0.402. The molecule has 8 nitrogen and oxygen atoms in total. The van der Waals surface area contributed by atoms with Crippen molar-refractivity contribution in [2.24, 2.45) is 0 Å². The molecule has 28 heavy (non-hydrogen) atoms. The number of rotatable bonds is 6. The van der Waals surface area contributed by atoms with Gasteiger partial charge in [0.2, 0.25) is 11.9 Å². The summed E-state index contributed by atoms with van der Waals surface area (Å²) in [5, 5.41) is 13.2. The van der Waals surface area contributed by atoms with Gasteiger partial charge in [-0.2, -0.15) is 0 Å². The molecule has 142 valence electrons. The fourth-order valence-corrected chi connectivity index (χ4v) is 2.34. The fraction of sp³-hybridized carbons (Fsp3) is 0.0526. The van der Waals surface area contributed by atoms with Crippen LogP contribution in [0, 0.1) is 15.9 Å². The number of nitrogens with one attached hydrogen (secondary N) is 1. The zero-order chi connectivity index (χ0) is 20.1. The van der Waals surface area contributed by atoms with Crippen molar-refractivity contribution in [2.45, 2.75) is 6.10 Å². The lowest BCUT2D eigenvalue weighted by Crippen LogP contribution is -2.25. The third kappa shape index (κ3) is 4.39. The van der Waals surface area contributed by atoms with Gasteiger partial charge >= 0.3 is 11.9 Å². The summed E-state index contributed by atoms with van der Waals surface area (Å²) in [6.45, 7) is 0. The summed E-state index contributed by atoms with van der Waals surface area (Å²) in [5.74, 6) is -3.24. The Morgan fingerprint density at radius 2 is 1.71 bits per heavy atom. The molecule has 0 spiro atoms. The van der Waals surface area contributed by atoms with Crippen LogP contribution in [-0.2, 0) is 9.53 Å². The number of halogens is 1. The monoisotopic (exact) mass is 384 g/mol. The van der Waals surface area contributed by atoms with E-state index in [1.165, 1.54) is 24.3 Å². The van der Waals surface area contributed by atoms with Crippen LogP contribution >= 0.6 is 0 Å². The Balaban J connectivity index is 1.82. The first-order valence-corrected chi connectivity index (χ1v) is 8.00. The third-order valence-electron chi connectivity index (χ3n) is 3.65. The average Bonchev–Trinajstić information content (AvgIpc) is 3.19. The Bertz CT molecular complexity index is 1000. The first kappa shape index (κ1) is 18.8. The van der Waals surface area contributed by atoms with Crippen LogP contribution in [0.3, 0.4) is 0 Å². The van der Waals surface area contributed by atoms with Crippen LogP contribution in [0.1, 0.15) is 22.2 Å². The second kappa shape index (κ2) is 8.12. The van der Waals surface area contributed by atoms with Crippen molar-refractivity contribution in [1.29, 1.82) is 0 Å². The van der Waals surface area contributed by atoms with Crippen LogP contribution in [0.25, 0.3) is 0 Å². The molecule has 3 aromatic rings. The number of hydrogen-bond acceptors (Lipinski definition) is 6. The molecule has 0 fully saturated rings. The highest BCUT2D eigenvalue weighted by Crippen LogP contribution is 2.24. The number of furan rings is 1. The SMILES string of the molecule is O=C(O[C@@H](C(=O)Nc1ccc(F)cc1)c1ccccc1)c1ccc([N+](=O)[O-])o1. The highest BCUT2D eigenvalue weighted by atomic mass is 19.1. The van der Waals surface area contributed by atoms with Crippen molar-refractivity contribution in [3.63, 3.8) is 0 Å². The van der Waals surface area contributed by atoms with E-state index in [0.29, 0.717) is 11.3 Å². The van der Waals surface area contributed by atoms with Crippen LogP contribution in [0.15, 0.2) is 71.1 Å². The lowest BCUT2D eigenvalue weighted by atomic mass is 10.1. The highest BCUT2D eigenvalue weighted by Gasteiger charge is 2.28. The van der Waals surface area contributed by atoms with Crippen LogP contribution < -0.4 is 5.32 Å². The summed E-state index contributed by atoms with van der Waals surface area (Å²) in [6.07, 6.45) is -1.36. The largest absolute Gasteiger partial charge is 0.441 e. The predicted octanol–water partition coefficient (Wildman–Crippen LogP) is 3.86. The number of ether oxygens (including phenoxy) is 1. The minimum atomic E-state index is -1.36. The number of carbonyl (C=O) groups is 2. The van der Waals surface area contributed by atoms with Gasteiger partial charge in [-0.25, -0.2) is 9.18 Å². The quantitative estimate of drug-likeness (QED) is 0.392. The van der Waals surface area contributed by atoms with Crippen molar-refractivity contribution < 1.29 is 28.1 Å². The maximum atomic E-state index is 13.0. The number of hydrogen-bond donors (Lipinski definition) is 1. The summed E-state index contributed by atoms with van der Waals surface area (Å²) in [5.41, 5.74) is 0.675. The summed E-state index contributed by atoms with van der Waals surface area (Å²) in [7, 11) is 0. The molecule has 0 aliphatic carbocycles. The molecule has 2 aromatic carbocycles. The zero-order valence-electron chi connectivity index (χ0n) is 14.2. The molecular weight excluding hydrogens is 371 g/mol. The van der Waals surface area contributed by atoms with Gasteiger partial charge in [-0.05, 0) is 30.3 Å². The number of anilines is 1. The van der Waals surface area contributed by atoms with Gasteiger partial charge in [0.15, 0.2) is 0 Å². The molecule has 0 aliphatic heterocycles. The summed E-state index contributed by atoms with van der Waals surface area (Å²) < 4.78 is 23.1. The average molecular weight is 384 g/mol. The van der Waals surface area contributed by atoms with Crippen molar-refractivity contribution >= 4 is 23.4 Å². The molecule has 0 bridgehead atoms. The van der Waals surface area contributed by atoms with E-state index in [0.717, 1.165) is 12.1 Å². The Labute approximate surface area is 157 Å². The lowest BCUT2D eigenvalue weighted by Gasteiger charge is -2.17. The van der Waals surface area contributed by atoms with Gasteiger partial charge in [0, 0.05) is 11.3 Å². The smallest absolute Gasteiger partial charge is 0.433 e. The van der Waals surface area contributed by atoms with E-state index < -0.39 is 40.4 Å². The van der Waals surface area contributed by atoms with Gasteiger partial charge in [-0.3, -0.25) is 14.9 Å². The molecule has 1 amide bonds. The minimum absolute atomic E-state index is 0.303. The van der Waals surface area contributed by atoms with Crippen LogP contribution in [0.4, 0.5) is 16.0 Å². The maximum absolute atomic E-state index is 13.0. The van der Waals surface area contributed by atoms with Crippen molar-refractivity contribution in [3.8, 4) is 0 Å². The molecule has 0 aliphatic rings. The Morgan fingerprint density at radius 1 is 1.04 bits per heavy atom. The zero-order valence-corrected chi connectivity index (χ0v) is 14.2. The fourth-order valence-electron chi connectivity index (χ4n) is 2.34. The number of carbonyl (C=O) groups excluding carboxylic acids is 2. The van der Waals surface area contributed by atoms with E-state index in [9.17, 15) is 24.1 Å². The summed E-state index contributed by atoms with van der Waals surface area (Å²) >= 11 is 0. The van der Waals surface area contributed by atoms with Crippen molar-refractivity contribution in [2.75, 3.05) is 5.32 Å². The van der Waals surface area contributed by atoms with E-state index in [1.54, 1.807) is 30.3 Å². The number of nitro groups is 1. The van der Waals surface area contributed by atoms with E-state index in [-0.39, 0.29) is 0 Å².